The Morgan fingerprint density at radius 1 is 1.39 bits per heavy atom. The van der Waals surface area contributed by atoms with E-state index < -0.39 is 0 Å². The number of hydrogen-bond donors (Lipinski definition) is 1. The molecule has 3 heteroatoms. The third kappa shape index (κ3) is 4.88. The molecule has 0 unspecified atom stereocenters. The molecule has 0 aromatic heterocycles. The molecule has 0 saturated carbocycles. The van der Waals surface area contributed by atoms with Crippen LogP contribution < -0.4 is 5.32 Å². The molecule has 1 saturated heterocycles. The van der Waals surface area contributed by atoms with E-state index in [4.69, 9.17) is 0 Å². The molecule has 0 aliphatic carbocycles. The Morgan fingerprint density at radius 3 is 2.61 bits per heavy atom. The van der Waals surface area contributed by atoms with Crippen LogP contribution in [0.1, 0.15) is 31.7 Å². The van der Waals surface area contributed by atoms with Gasteiger partial charge in [0.1, 0.15) is 0 Å². The van der Waals surface area contributed by atoms with Crippen molar-refractivity contribution < 1.29 is 9.53 Å². The highest BCUT2D eigenvalue weighted by atomic mass is 16.5. The summed E-state index contributed by atoms with van der Waals surface area (Å²) in [5, 5.41) is 3.43. The highest BCUT2D eigenvalue weighted by Crippen LogP contribution is 2.29. The lowest BCUT2D eigenvalue weighted by Gasteiger charge is -2.29. The number of carbonyl (C=O) groups is 1. The van der Waals surface area contributed by atoms with Crippen molar-refractivity contribution in [1.82, 2.24) is 5.32 Å². The molecule has 1 aromatic carbocycles. The van der Waals surface area contributed by atoms with Gasteiger partial charge in [0.25, 0.3) is 6.47 Å². The molecule has 1 N–H and O–H groups in total. The number of benzene rings is 1. The van der Waals surface area contributed by atoms with Gasteiger partial charge in [-0.2, -0.15) is 0 Å². The minimum atomic E-state index is 0.431. The number of hydrogen-bond acceptors (Lipinski definition) is 3. The number of ether oxygens (including phenoxy) is 1. The summed E-state index contributed by atoms with van der Waals surface area (Å²) < 4.78 is 4.15. The number of carbonyl (C=O) groups excluding carboxylic acids is 1. The van der Waals surface area contributed by atoms with Crippen LogP contribution in [0, 0.1) is 5.92 Å². The quantitative estimate of drug-likeness (QED) is 0.837. The van der Waals surface area contributed by atoms with Crippen molar-refractivity contribution in [2.75, 3.05) is 19.7 Å². The van der Waals surface area contributed by atoms with Gasteiger partial charge in [0.05, 0.1) is 6.61 Å². The monoisotopic (exact) mass is 249 g/mol. The van der Waals surface area contributed by atoms with E-state index in [1.807, 2.05) is 0 Å². The lowest BCUT2D eigenvalue weighted by Crippen LogP contribution is -2.33. The van der Waals surface area contributed by atoms with E-state index in [-0.39, 0.29) is 0 Å². The molecule has 2 rings (SSSR count). The van der Waals surface area contributed by atoms with Gasteiger partial charge < -0.3 is 10.1 Å². The standard InChI is InChI=1S/C12H17N.C3H6O2/c1-10-9-13-8-7-12(10)11-5-3-2-4-6-11;1-2-5-3-4/h2-6,10,12-13H,7-9H2,1H3;3H,2H2,1H3/t10-,12+;/m0./s1. The van der Waals surface area contributed by atoms with Gasteiger partial charge in [-0.25, -0.2) is 0 Å². The van der Waals surface area contributed by atoms with E-state index >= 15 is 0 Å². The minimum absolute atomic E-state index is 0.431. The molecule has 2 atom stereocenters. The summed E-state index contributed by atoms with van der Waals surface area (Å²) in [7, 11) is 0. The third-order valence-corrected chi connectivity index (χ3v) is 3.25. The lowest BCUT2D eigenvalue weighted by atomic mass is 9.82. The first-order chi connectivity index (χ1) is 8.79. The average molecular weight is 249 g/mol. The molecule has 1 aromatic rings. The van der Waals surface area contributed by atoms with Crippen LogP contribution in [0.15, 0.2) is 30.3 Å². The lowest BCUT2D eigenvalue weighted by molar-refractivity contribution is -0.128. The maximum absolute atomic E-state index is 9.18. The van der Waals surface area contributed by atoms with Crippen molar-refractivity contribution in [3.05, 3.63) is 35.9 Å². The van der Waals surface area contributed by atoms with Crippen molar-refractivity contribution >= 4 is 6.47 Å². The molecule has 3 nitrogen and oxygen atoms in total. The van der Waals surface area contributed by atoms with E-state index in [1.165, 1.54) is 25.1 Å². The van der Waals surface area contributed by atoms with Gasteiger partial charge in [-0.1, -0.05) is 37.3 Å². The Morgan fingerprint density at radius 2 is 2.11 bits per heavy atom. The van der Waals surface area contributed by atoms with Crippen LogP contribution in [0.5, 0.6) is 0 Å². The second-order valence-electron chi connectivity index (χ2n) is 4.54. The first-order valence-corrected chi connectivity index (χ1v) is 6.60. The van der Waals surface area contributed by atoms with Crippen molar-refractivity contribution in [3.8, 4) is 0 Å². The molecule has 1 aliphatic rings. The maximum atomic E-state index is 9.18. The Balaban J connectivity index is 0.000000280. The van der Waals surface area contributed by atoms with E-state index in [0.717, 1.165) is 11.8 Å². The van der Waals surface area contributed by atoms with Gasteiger partial charge in [0.15, 0.2) is 0 Å². The number of piperidine rings is 1. The summed E-state index contributed by atoms with van der Waals surface area (Å²) in [4.78, 5) is 9.18. The molecular formula is C15H23NO2. The van der Waals surface area contributed by atoms with Crippen molar-refractivity contribution in [1.29, 1.82) is 0 Å². The Labute approximate surface area is 110 Å². The van der Waals surface area contributed by atoms with Gasteiger partial charge in [0, 0.05) is 0 Å². The summed E-state index contributed by atoms with van der Waals surface area (Å²) in [6, 6.07) is 10.9. The van der Waals surface area contributed by atoms with Crippen LogP contribution in [0.25, 0.3) is 0 Å². The highest BCUT2D eigenvalue weighted by molar-refractivity contribution is 5.36. The number of nitrogens with one attached hydrogen (secondary N) is 1. The zero-order valence-corrected chi connectivity index (χ0v) is 11.3. The molecule has 0 bridgehead atoms. The summed E-state index contributed by atoms with van der Waals surface area (Å²) in [6.07, 6.45) is 1.28. The van der Waals surface area contributed by atoms with Gasteiger partial charge in [0.2, 0.25) is 0 Å². The highest BCUT2D eigenvalue weighted by Gasteiger charge is 2.21. The fraction of sp³-hybridized carbons (Fsp3) is 0.533. The van der Waals surface area contributed by atoms with Crippen LogP contribution in [-0.2, 0) is 9.53 Å². The predicted octanol–water partition coefficient (Wildman–Crippen LogP) is 2.58. The smallest absolute Gasteiger partial charge is 0.293 e. The van der Waals surface area contributed by atoms with Gasteiger partial charge in [-0.15, -0.1) is 0 Å². The molecule has 100 valence electrons. The topological polar surface area (TPSA) is 38.3 Å². The fourth-order valence-corrected chi connectivity index (χ4v) is 2.28. The third-order valence-electron chi connectivity index (χ3n) is 3.25. The fourth-order valence-electron chi connectivity index (χ4n) is 2.28. The Kier molecular flexibility index (Phi) is 7.11. The summed E-state index contributed by atoms with van der Waals surface area (Å²) in [5.41, 5.74) is 1.51. The predicted molar refractivity (Wildman–Crippen MR) is 73.5 cm³/mol. The Hall–Kier alpha value is -1.35. The number of rotatable bonds is 3. The average Bonchev–Trinajstić information content (AvgIpc) is 2.42. The molecule has 1 fully saturated rings. The molecule has 1 heterocycles. The second-order valence-corrected chi connectivity index (χ2v) is 4.54. The van der Waals surface area contributed by atoms with Gasteiger partial charge in [-0.3, -0.25) is 4.79 Å². The van der Waals surface area contributed by atoms with Crippen molar-refractivity contribution in [2.24, 2.45) is 5.92 Å². The maximum Gasteiger partial charge on any atom is 0.293 e. The molecule has 0 amide bonds. The molecule has 1 aliphatic heterocycles. The summed E-state index contributed by atoms with van der Waals surface area (Å²) in [6.45, 7) is 7.34. The largest absolute Gasteiger partial charge is 0.468 e. The van der Waals surface area contributed by atoms with Crippen LogP contribution in [-0.4, -0.2) is 26.2 Å². The zero-order chi connectivity index (χ0) is 13.2. The van der Waals surface area contributed by atoms with Crippen molar-refractivity contribution in [3.63, 3.8) is 0 Å². The first kappa shape index (κ1) is 14.7. The summed E-state index contributed by atoms with van der Waals surface area (Å²) in [5.74, 6) is 1.54. The normalized spacial score (nSPS) is 22.6. The van der Waals surface area contributed by atoms with Crippen LogP contribution in [0.4, 0.5) is 0 Å². The van der Waals surface area contributed by atoms with Crippen LogP contribution >= 0.6 is 0 Å². The van der Waals surface area contributed by atoms with E-state index in [0.29, 0.717) is 13.1 Å². The van der Waals surface area contributed by atoms with Crippen LogP contribution in [0.3, 0.4) is 0 Å². The molecule has 0 radical (unpaired) electrons. The molecular weight excluding hydrogens is 226 g/mol. The minimum Gasteiger partial charge on any atom is -0.468 e. The Bertz CT molecular complexity index is 327. The van der Waals surface area contributed by atoms with Crippen molar-refractivity contribution in [2.45, 2.75) is 26.2 Å². The second kappa shape index (κ2) is 8.70. The first-order valence-electron chi connectivity index (χ1n) is 6.60. The van der Waals surface area contributed by atoms with Gasteiger partial charge in [-0.05, 0) is 43.8 Å². The molecule has 18 heavy (non-hydrogen) atoms. The zero-order valence-electron chi connectivity index (χ0n) is 11.3. The van der Waals surface area contributed by atoms with E-state index in [2.05, 4.69) is 47.3 Å². The summed E-state index contributed by atoms with van der Waals surface area (Å²) >= 11 is 0. The molecule has 0 spiro atoms. The van der Waals surface area contributed by atoms with Crippen LogP contribution in [0.2, 0.25) is 0 Å². The van der Waals surface area contributed by atoms with Gasteiger partial charge >= 0.3 is 0 Å². The SMILES string of the molecule is CCOC=O.C[C@H]1CNCC[C@H]1c1ccccc1. The van der Waals surface area contributed by atoms with E-state index in [1.54, 1.807) is 6.92 Å². The van der Waals surface area contributed by atoms with E-state index in [9.17, 15) is 4.79 Å².